The molecule has 2 fully saturated rings. The van der Waals surface area contributed by atoms with E-state index in [0.29, 0.717) is 19.4 Å². The number of amides is 2. The molecule has 1 saturated carbocycles. The molecule has 1 heterocycles. The molecule has 5 rings (SSSR count). The minimum absolute atomic E-state index is 0.0672. The van der Waals surface area contributed by atoms with Crippen molar-refractivity contribution < 1.29 is 29.0 Å². The van der Waals surface area contributed by atoms with Gasteiger partial charge in [-0.3, -0.25) is 9.59 Å². The van der Waals surface area contributed by atoms with Crippen LogP contribution in [-0.4, -0.2) is 66.4 Å². The van der Waals surface area contributed by atoms with Crippen LogP contribution < -0.4 is 5.32 Å². The summed E-state index contributed by atoms with van der Waals surface area (Å²) in [7, 11) is 0. The van der Waals surface area contributed by atoms with Crippen molar-refractivity contribution in [2.75, 3.05) is 32.9 Å². The molecule has 2 amide bonds. The molecule has 1 saturated heterocycles. The van der Waals surface area contributed by atoms with Crippen LogP contribution in [0.15, 0.2) is 48.5 Å². The standard InChI is InChI=1S/C27H30N2O6/c30-24(31)18-15-29(13-14-34-16-18)25(32)27(11-5-6-12-27)28-26(33)35-17-23-21-9-3-1-7-19(21)20-8-2-4-10-22(20)23/h1-4,7-10,18,23H,5-6,11-17H2,(H,28,33)(H,30,31). The van der Waals surface area contributed by atoms with E-state index in [-0.39, 0.29) is 38.2 Å². The zero-order valence-electron chi connectivity index (χ0n) is 19.6. The Bertz CT molecular complexity index is 1080. The predicted molar refractivity (Wildman–Crippen MR) is 128 cm³/mol. The van der Waals surface area contributed by atoms with Gasteiger partial charge in [-0.05, 0) is 35.1 Å². The minimum Gasteiger partial charge on any atom is -0.481 e. The van der Waals surface area contributed by atoms with E-state index < -0.39 is 23.5 Å². The lowest BCUT2D eigenvalue weighted by molar-refractivity contribution is -0.145. The molecule has 1 aliphatic heterocycles. The van der Waals surface area contributed by atoms with Gasteiger partial charge in [0.15, 0.2) is 0 Å². The fraction of sp³-hybridized carbons (Fsp3) is 0.444. The number of carboxylic acids is 1. The van der Waals surface area contributed by atoms with E-state index in [1.165, 1.54) is 4.90 Å². The number of rotatable bonds is 5. The van der Waals surface area contributed by atoms with Crippen LogP contribution >= 0.6 is 0 Å². The Hall–Kier alpha value is -3.39. The highest BCUT2D eigenvalue weighted by atomic mass is 16.5. The second-order valence-corrected chi connectivity index (χ2v) is 9.60. The lowest BCUT2D eigenvalue weighted by atomic mass is 9.95. The molecule has 2 aromatic carbocycles. The SMILES string of the molecule is O=C(NC1(C(=O)N2CCOCC(C(=O)O)C2)CCCC1)OCC1c2ccccc2-c2ccccc21. The highest BCUT2D eigenvalue weighted by Crippen LogP contribution is 2.44. The molecule has 8 nitrogen and oxygen atoms in total. The van der Waals surface area contributed by atoms with Crippen LogP contribution in [-0.2, 0) is 19.1 Å². The van der Waals surface area contributed by atoms with E-state index in [4.69, 9.17) is 9.47 Å². The van der Waals surface area contributed by atoms with Crippen molar-refractivity contribution in [3.63, 3.8) is 0 Å². The number of carboxylic acid groups (broad SMARTS) is 1. The van der Waals surface area contributed by atoms with E-state index in [0.717, 1.165) is 35.1 Å². The summed E-state index contributed by atoms with van der Waals surface area (Å²) < 4.78 is 11.1. The molecule has 1 atom stereocenters. The maximum atomic E-state index is 13.6. The summed E-state index contributed by atoms with van der Waals surface area (Å²) in [5.74, 6) is -2.09. The molecule has 2 N–H and O–H groups in total. The van der Waals surface area contributed by atoms with Crippen LogP contribution in [0.1, 0.15) is 42.7 Å². The number of carbonyl (C=O) groups excluding carboxylic acids is 2. The summed E-state index contributed by atoms with van der Waals surface area (Å²) >= 11 is 0. The van der Waals surface area contributed by atoms with Gasteiger partial charge in [0.1, 0.15) is 12.1 Å². The number of fused-ring (bicyclic) bond motifs is 3. The van der Waals surface area contributed by atoms with Gasteiger partial charge in [0.05, 0.1) is 19.1 Å². The number of nitrogens with zero attached hydrogens (tertiary/aromatic N) is 1. The molecule has 2 aromatic rings. The van der Waals surface area contributed by atoms with E-state index in [1.807, 2.05) is 24.3 Å². The Morgan fingerprint density at radius 2 is 1.66 bits per heavy atom. The Kier molecular flexibility index (Phi) is 6.47. The summed E-state index contributed by atoms with van der Waals surface area (Å²) in [6.07, 6.45) is 2.00. The van der Waals surface area contributed by atoms with Crippen molar-refractivity contribution >= 4 is 18.0 Å². The van der Waals surface area contributed by atoms with Gasteiger partial charge in [0, 0.05) is 19.0 Å². The smallest absolute Gasteiger partial charge is 0.408 e. The lowest BCUT2D eigenvalue weighted by Crippen LogP contribution is -2.59. The number of hydrogen-bond donors (Lipinski definition) is 2. The van der Waals surface area contributed by atoms with Crippen LogP contribution in [0.3, 0.4) is 0 Å². The zero-order chi connectivity index (χ0) is 24.4. The first-order valence-electron chi connectivity index (χ1n) is 12.2. The molecule has 35 heavy (non-hydrogen) atoms. The number of alkyl carbamates (subject to hydrolysis) is 1. The molecule has 0 aromatic heterocycles. The van der Waals surface area contributed by atoms with Crippen LogP contribution in [0.2, 0.25) is 0 Å². The van der Waals surface area contributed by atoms with Gasteiger partial charge in [0.25, 0.3) is 0 Å². The molecule has 184 valence electrons. The van der Waals surface area contributed by atoms with E-state index in [9.17, 15) is 19.5 Å². The maximum Gasteiger partial charge on any atom is 0.408 e. The topological polar surface area (TPSA) is 105 Å². The van der Waals surface area contributed by atoms with Crippen LogP contribution in [0.25, 0.3) is 11.1 Å². The van der Waals surface area contributed by atoms with E-state index in [1.54, 1.807) is 0 Å². The molecule has 2 aliphatic carbocycles. The zero-order valence-corrected chi connectivity index (χ0v) is 19.6. The van der Waals surface area contributed by atoms with Crippen molar-refractivity contribution in [3.05, 3.63) is 59.7 Å². The van der Waals surface area contributed by atoms with Crippen molar-refractivity contribution in [1.29, 1.82) is 0 Å². The number of nitrogens with one attached hydrogen (secondary N) is 1. The first-order valence-corrected chi connectivity index (χ1v) is 12.2. The summed E-state index contributed by atoms with van der Waals surface area (Å²) in [5, 5.41) is 12.3. The van der Waals surface area contributed by atoms with Gasteiger partial charge in [-0.25, -0.2) is 4.79 Å². The third-order valence-corrected chi connectivity index (χ3v) is 7.45. The lowest BCUT2D eigenvalue weighted by Gasteiger charge is -2.34. The number of carbonyl (C=O) groups is 3. The number of aliphatic carboxylic acids is 1. The first-order chi connectivity index (χ1) is 17.0. The van der Waals surface area contributed by atoms with Gasteiger partial charge >= 0.3 is 12.1 Å². The number of benzene rings is 2. The normalized spacial score (nSPS) is 21.0. The van der Waals surface area contributed by atoms with Gasteiger partial charge in [0.2, 0.25) is 5.91 Å². The van der Waals surface area contributed by atoms with Crippen LogP contribution in [0.4, 0.5) is 4.79 Å². The van der Waals surface area contributed by atoms with Gasteiger partial charge in [-0.1, -0.05) is 61.4 Å². The summed E-state index contributed by atoms with van der Waals surface area (Å²) in [6, 6.07) is 16.3. The Morgan fingerprint density at radius 3 is 2.29 bits per heavy atom. The third kappa shape index (κ3) is 4.50. The third-order valence-electron chi connectivity index (χ3n) is 7.45. The predicted octanol–water partition coefficient (Wildman–Crippen LogP) is 3.40. The fourth-order valence-corrected chi connectivity index (χ4v) is 5.65. The van der Waals surface area contributed by atoms with Crippen molar-refractivity contribution in [1.82, 2.24) is 10.2 Å². The molecule has 3 aliphatic rings. The molecule has 0 radical (unpaired) electrons. The minimum atomic E-state index is -1.07. The molecule has 0 spiro atoms. The Labute approximate surface area is 204 Å². The summed E-state index contributed by atoms with van der Waals surface area (Å²) in [6.45, 7) is 0.893. The largest absolute Gasteiger partial charge is 0.481 e. The first kappa shape index (κ1) is 23.4. The summed E-state index contributed by atoms with van der Waals surface area (Å²) in [4.78, 5) is 39.6. The second-order valence-electron chi connectivity index (χ2n) is 9.60. The van der Waals surface area contributed by atoms with E-state index in [2.05, 4.69) is 29.6 Å². The van der Waals surface area contributed by atoms with Gasteiger partial charge in [-0.2, -0.15) is 0 Å². The number of hydrogen-bond acceptors (Lipinski definition) is 5. The van der Waals surface area contributed by atoms with Gasteiger partial charge < -0.3 is 24.8 Å². The van der Waals surface area contributed by atoms with E-state index >= 15 is 0 Å². The Morgan fingerprint density at radius 1 is 1.03 bits per heavy atom. The monoisotopic (exact) mass is 478 g/mol. The number of ether oxygens (including phenoxy) is 2. The average molecular weight is 479 g/mol. The average Bonchev–Trinajstić information content (AvgIpc) is 3.36. The highest BCUT2D eigenvalue weighted by molar-refractivity contribution is 5.91. The fourth-order valence-electron chi connectivity index (χ4n) is 5.65. The molecular formula is C27H30N2O6. The van der Waals surface area contributed by atoms with Crippen molar-refractivity contribution in [2.45, 2.75) is 37.1 Å². The molecule has 1 unspecified atom stereocenters. The maximum absolute atomic E-state index is 13.6. The van der Waals surface area contributed by atoms with Crippen LogP contribution in [0, 0.1) is 5.92 Å². The molecule has 8 heteroatoms. The molecular weight excluding hydrogens is 448 g/mol. The quantitative estimate of drug-likeness (QED) is 0.683. The second kappa shape index (κ2) is 9.70. The Balaban J connectivity index is 1.28. The highest BCUT2D eigenvalue weighted by Gasteiger charge is 2.46. The summed E-state index contributed by atoms with van der Waals surface area (Å²) in [5.41, 5.74) is 3.47. The molecule has 0 bridgehead atoms. The van der Waals surface area contributed by atoms with Gasteiger partial charge in [-0.15, -0.1) is 0 Å². The van der Waals surface area contributed by atoms with Crippen molar-refractivity contribution in [3.8, 4) is 11.1 Å². The van der Waals surface area contributed by atoms with Crippen molar-refractivity contribution in [2.24, 2.45) is 5.92 Å². The van der Waals surface area contributed by atoms with Crippen LogP contribution in [0.5, 0.6) is 0 Å².